The van der Waals surface area contributed by atoms with Gasteiger partial charge in [-0.05, 0) is 42.0 Å². The Morgan fingerprint density at radius 3 is 2.48 bits per heavy atom. The van der Waals surface area contributed by atoms with E-state index >= 15 is 0 Å². The highest BCUT2D eigenvalue weighted by Crippen LogP contribution is 2.46. The minimum absolute atomic E-state index is 0.0279. The summed E-state index contributed by atoms with van der Waals surface area (Å²) in [6.45, 7) is 1.93. The predicted molar refractivity (Wildman–Crippen MR) is 103 cm³/mol. The molecule has 2 aromatic carbocycles. The van der Waals surface area contributed by atoms with Crippen LogP contribution in [-0.4, -0.2) is 41.1 Å². The third-order valence-corrected chi connectivity index (χ3v) is 5.78. The molecule has 1 heterocycles. The largest absolute Gasteiger partial charge is 0.492 e. The molecule has 2 aliphatic rings. The summed E-state index contributed by atoms with van der Waals surface area (Å²) in [4.78, 5) is 15.0. The number of rotatable bonds is 8. The van der Waals surface area contributed by atoms with E-state index in [1.54, 1.807) is 0 Å². The Labute approximate surface area is 160 Å². The molecule has 2 N–H and O–H groups in total. The van der Waals surface area contributed by atoms with Gasteiger partial charge < -0.3 is 15.2 Å². The zero-order valence-electron chi connectivity index (χ0n) is 15.4. The zero-order chi connectivity index (χ0) is 18.6. The van der Waals surface area contributed by atoms with Crippen molar-refractivity contribution < 1.29 is 14.6 Å². The van der Waals surface area contributed by atoms with E-state index in [1.165, 1.54) is 6.42 Å². The summed E-state index contributed by atoms with van der Waals surface area (Å²) in [5.74, 6) is 1.48. The normalized spacial score (nSPS) is 23.7. The molecule has 1 amide bonds. The van der Waals surface area contributed by atoms with Crippen molar-refractivity contribution in [3.05, 3.63) is 65.7 Å². The van der Waals surface area contributed by atoms with Gasteiger partial charge in [-0.15, -0.1) is 0 Å². The number of aliphatic hydroxyl groups excluding tert-OH is 1. The maximum atomic E-state index is 12.7. The summed E-state index contributed by atoms with van der Waals surface area (Å²) in [5, 5.41) is 12.2. The Kier molecular flexibility index (Phi) is 5.41. The van der Waals surface area contributed by atoms with Crippen LogP contribution in [0.1, 0.15) is 24.0 Å². The maximum Gasteiger partial charge on any atom is 0.237 e. The molecule has 1 aliphatic carbocycles. The van der Waals surface area contributed by atoms with Crippen molar-refractivity contribution in [2.24, 2.45) is 5.92 Å². The highest BCUT2D eigenvalue weighted by atomic mass is 16.5. The zero-order valence-corrected chi connectivity index (χ0v) is 15.4. The van der Waals surface area contributed by atoms with Gasteiger partial charge in [0.25, 0.3) is 0 Å². The summed E-state index contributed by atoms with van der Waals surface area (Å²) in [6.07, 6.45) is 2.33. The number of para-hydroxylation sites is 1. The number of carbonyl (C=O) groups excluding carboxylic acids is 1. The fourth-order valence-electron chi connectivity index (χ4n) is 4.13. The molecule has 4 rings (SSSR count). The maximum absolute atomic E-state index is 12.7. The lowest BCUT2D eigenvalue weighted by Gasteiger charge is -2.60. The van der Waals surface area contributed by atoms with Gasteiger partial charge in [0.2, 0.25) is 5.91 Å². The summed E-state index contributed by atoms with van der Waals surface area (Å²) in [7, 11) is 0. The summed E-state index contributed by atoms with van der Waals surface area (Å²) in [5.41, 5.74) is 1.93. The van der Waals surface area contributed by atoms with Crippen LogP contribution in [0.2, 0.25) is 0 Å². The molecule has 1 unspecified atom stereocenters. The van der Waals surface area contributed by atoms with Gasteiger partial charge in [-0.2, -0.15) is 0 Å². The Bertz CT molecular complexity index is 763. The van der Waals surface area contributed by atoms with Crippen molar-refractivity contribution in [3.8, 4) is 5.75 Å². The van der Waals surface area contributed by atoms with Gasteiger partial charge in [0.05, 0.1) is 12.6 Å². The van der Waals surface area contributed by atoms with Crippen LogP contribution in [0.4, 0.5) is 0 Å². The molecule has 3 atom stereocenters. The molecule has 1 aliphatic heterocycles. The molecule has 5 nitrogen and oxygen atoms in total. The third-order valence-electron chi connectivity index (χ3n) is 5.78. The number of nitrogens with one attached hydrogen (secondary N) is 1. The van der Waals surface area contributed by atoms with Crippen LogP contribution in [0.25, 0.3) is 0 Å². The number of ether oxygens (including phenoxy) is 1. The molecule has 2 aromatic rings. The van der Waals surface area contributed by atoms with Crippen molar-refractivity contribution in [1.29, 1.82) is 0 Å². The molecule has 0 bridgehead atoms. The van der Waals surface area contributed by atoms with Gasteiger partial charge in [-0.3, -0.25) is 9.69 Å². The lowest BCUT2D eigenvalue weighted by Crippen LogP contribution is -2.73. The molecule has 0 radical (unpaired) electrons. The van der Waals surface area contributed by atoms with Crippen LogP contribution in [-0.2, 0) is 17.9 Å². The molecular formula is C22H26N2O3. The molecule has 1 saturated carbocycles. The second-order valence-corrected chi connectivity index (χ2v) is 7.35. The third kappa shape index (κ3) is 3.84. The van der Waals surface area contributed by atoms with Crippen molar-refractivity contribution in [1.82, 2.24) is 10.2 Å². The van der Waals surface area contributed by atoms with Gasteiger partial charge >= 0.3 is 0 Å². The van der Waals surface area contributed by atoms with E-state index in [1.807, 2.05) is 54.6 Å². The van der Waals surface area contributed by atoms with Crippen LogP contribution in [0, 0.1) is 5.92 Å². The Morgan fingerprint density at radius 2 is 1.81 bits per heavy atom. The topological polar surface area (TPSA) is 61.8 Å². The number of carbonyl (C=O) groups is 1. The molecule has 142 valence electrons. The van der Waals surface area contributed by atoms with E-state index in [9.17, 15) is 4.79 Å². The standard InChI is InChI=1S/C22H26N2O3/c25-15-17-8-6-16(7-9-17)14-23-22(26)21-19-10-11-20(19)24(21)12-13-27-18-4-2-1-3-5-18/h1-9,19-21,25H,10-15H2,(H,23,26)/t19?,20-,21+/m0/s1. The number of aliphatic hydroxyl groups is 1. The van der Waals surface area contributed by atoms with E-state index in [4.69, 9.17) is 9.84 Å². The number of hydrogen-bond acceptors (Lipinski definition) is 4. The number of nitrogens with zero attached hydrogens (tertiary/aromatic N) is 1. The first-order chi connectivity index (χ1) is 13.3. The van der Waals surface area contributed by atoms with Crippen LogP contribution in [0.5, 0.6) is 5.75 Å². The van der Waals surface area contributed by atoms with Gasteiger partial charge in [0, 0.05) is 19.1 Å². The number of likely N-dealkylation sites (tertiary alicyclic amines) is 1. The smallest absolute Gasteiger partial charge is 0.237 e. The van der Waals surface area contributed by atoms with Crippen LogP contribution >= 0.6 is 0 Å². The SMILES string of the molecule is O=C(NCc1ccc(CO)cc1)[C@H]1C2CC[C@@H]2N1CCOc1ccccc1. The first kappa shape index (κ1) is 18.0. The van der Waals surface area contributed by atoms with Gasteiger partial charge in [-0.1, -0.05) is 42.5 Å². The number of piperidine rings is 1. The van der Waals surface area contributed by atoms with Gasteiger partial charge in [0.1, 0.15) is 12.4 Å². The van der Waals surface area contributed by atoms with Crippen LogP contribution in [0.15, 0.2) is 54.6 Å². The second kappa shape index (κ2) is 8.11. The number of amides is 1. The fourth-order valence-corrected chi connectivity index (χ4v) is 4.13. The molecule has 0 spiro atoms. The lowest BCUT2D eigenvalue weighted by molar-refractivity contribution is -0.160. The number of hydrogen-bond donors (Lipinski definition) is 2. The van der Waals surface area contributed by atoms with Gasteiger partial charge in [0.15, 0.2) is 0 Å². The average molecular weight is 366 g/mol. The molecular weight excluding hydrogens is 340 g/mol. The van der Waals surface area contributed by atoms with E-state index in [2.05, 4.69) is 10.2 Å². The molecule has 27 heavy (non-hydrogen) atoms. The molecule has 1 saturated heterocycles. The summed E-state index contributed by atoms with van der Waals surface area (Å²) in [6, 6.07) is 18.0. The van der Waals surface area contributed by atoms with E-state index < -0.39 is 0 Å². The quantitative estimate of drug-likeness (QED) is 0.753. The molecule has 2 fully saturated rings. The number of fused-ring (bicyclic) bond motifs is 1. The van der Waals surface area contributed by atoms with E-state index in [-0.39, 0.29) is 18.6 Å². The van der Waals surface area contributed by atoms with Crippen molar-refractivity contribution >= 4 is 5.91 Å². The van der Waals surface area contributed by atoms with Gasteiger partial charge in [-0.25, -0.2) is 0 Å². The number of benzene rings is 2. The van der Waals surface area contributed by atoms with E-state index in [0.29, 0.717) is 25.1 Å². The minimum atomic E-state index is -0.0279. The van der Waals surface area contributed by atoms with Crippen LogP contribution < -0.4 is 10.1 Å². The first-order valence-electron chi connectivity index (χ1n) is 9.66. The van der Waals surface area contributed by atoms with E-state index in [0.717, 1.165) is 29.8 Å². The second-order valence-electron chi connectivity index (χ2n) is 7.35. The van der Waals surface area contributed by atoms with Crippen molar-refractivity contribution in [2.75, 3.05) is 13.2 Å². The predicted octanol–water partition coefficient (Wildman–Crippen LogP) is 2.34. The fraction of sp³-hybridized carbons (Fsp3) is 0.409. The Morgan fingerprint density at radius 1 is 1.07 bits per heavy atom. The molecule has 5 heteroatoms. The highest BCUT2D eigenvalue weighted by Gasteiger charge is 2.56. The van der Waals surface area contributed by atoms with Crippen molar-refractivity contribution in [3.63, 3.8) is 0 Å². The Balaban J connectivity index is 1.27. The monoisotopic (exact) mass is 366 g/mol. The lowest BCUT2D eigenvalue weighted by atomic mass is 9.65. The highest BCUT2D eigenvalue weighted by molar-refractivity contribution is 5.83. The average Bonchev–Trinajstić information content (AvgIpc) is 2.69. The minimum Gasteiger partial charge on any atom is -0.492 e. The van der Waals surface area contributed by atoms with Crippen LogP contribution in [0.3, 0.4) is 0 Å². The summed E-state index contributed by atoms with van der Waals surface area (Å²) < 4.78 is 5.81. The Hall–Kier alpha value is -2.37. The first-order valence-corrected chi connectivity index (χ1v) is 9.66. The summed E-state index contributed by atoms with van der Waals surface area (Å²) >= 11 is 0. The van der Waals surface area contributed by atoms with Crippen molar-refractivity contribution in [2.45, 2.75) is 38.1 Å². The molecule has 0 aromatic heterocycles.